The fourth-order valence-electron chi connectivity index (χ4n) is 4.84. The molecule has 2 heterocycles. The third-order valence-corrected chi connectivity index (χ3v) is 6.78. The van der Waals surface area contributed by atoms with Crippen LogP contribution in [0.1, 0.15) is 54.4 Å². The van der Waals surface area contributed by atoms with Gasteiger partial charge in [0.1, 0.15) is 6.33 Å². The minimum Gasteiger partial charge on any atom is -0.350 e. The van der Waals surface area contributed by atoms with Crippen molar-refractivity contribution in [2.45, 2.75) is 51.0 Å². The number of nitrogens with zero attached hydrogens (tertiary/aromatic N) is 4. The van der Waals surface area contributed by atoms with Crippen molar-refractivity contribution in [3.8, 4) is 6.07 Å². The average molecular weight is 430 g/mol. The molecule has 4 rings (SSSR count). The van der Waals surface area contributed by atoms with Crippen LogP contribution in [0.3, 0.4) is 0 Å². The molecule has 166 valence electrons. The second-order valence-corrected chi connectivity index (χ2v) is 8.96. The lowest BCUT2D eigenvalue weighted by atomic mass is 9.84. The van der Waals surface area contributed by atoms with Crippen molar-refractivity contribution in [1.82, 2.24) is 20.2 Å². The molecule has 0 radical (unpaired) electrons. The molecular weight excluding hydrogens is 398 g/mol. The van der Waals surface area contributed by atoms with Gasteiger partial charge in [-0.15, -0.1) is 0 Å². The lowest BCUT2D eigenvalue weighted by Crippen LogP contribution is -2.37. The normalized spacial score (nSPS) is 21.5. The summed E-state index contributed by atoms with van der Waals surface area (Å²) >= 11 is 0. The second-order valence-electron chi connectivity index (χ2n) is 8.96. The van der Waals surface area contributed by atoms with Gasteiger partial charge in [-0.05, 0) is 86.7 Å². The highest BCUT2D eigenvalue weighted by molar-refractivity contribution is 5.91. The van der Waals surface area contributed by atoms with Crippen molar-refractivity contribution in [2.24, 2.45) is 5.92 Å². The van der Waals surface area contributed by atoms with Gasteiger partial charge in [0, 0.05) is 43.2 Å². The van der Waals surface area contributed by atoms with E-state index < -0.39 is 0 Å². The van der Waals surface area contributed by atoms with Gasteiger partial charge in [-0.25, -0.2) is 9.97 Å². The Morgan fingerprint density at radius 2 is 1.88 bits per heavy atom. The van der Waals surface area contributed by atoms with Crippen LogP contribution in [0.15, 0.2) is 43.0 Å². The molecule has 0 bridgehead atoms. The second kappa shape index (κ2) is 11.0. The topological polar surface area (TPSA) is 81.9 Å². The van der Waals surface area contributed by atoms with Crippen LogP contribution in [0.25, 0.3) is 6.08 Å². The highest BCUT2D eigenvalue weighted by atomic mass is 16.1. The molecule has 6 heteroatoms. The maximum Gasteiger partial charge on any atom is 0.244 e. The third-order valence-electron chi connectivity index (χ3n) is 6.78. The molecule has 0 spiro atoms. The number of benzene rings is 1. The quantitative estimate of drug-likeness (QED) is 0.711. The fraction of sp³-hybridized carbons (Fsp3) is 0.462. The summed E-state index contributed by atoms with van der Waals surface area (Å²) in [6.45, 7) is 3.32. The van der Waals surface area contributed by atoms with Gasteiger partial charge in [-0.3, -0.25) is 4.79 Å². The van der Waals surface area contributed by atoms with Crippen LogP contribution in [0.2, 0.25) is 0 Å². The largest absolute Gasteiger partial charge is 0.350 e. The van der Waals surface area contributed by atoms with E-state index in [0.717, 1.165) is 62.4 Å². The molecule has 2 aromatic rings. The smallest absolute Gasteiger partial charge is 0.244 e. The van der Waals surface area contributed by atoms with Gasteiger partial charge in [0.2, 0.25) is 5.91 Å². The Morgan fingerprint density at radius 3 is 2.62 bits per heavy atom. The summed E-state index contributed by atoms with van der Waals surface area (Å²) in [4.78, 5) is 22.7. The highest BCUT2D eigenvalue weighted by Gasteiger charge is 2.23. The molecule has 1 aliphatic carbocycles. The Labute approximate surface area is 190 Å². The van der Waals surface area contributed by atoms with E-state index in [2.05, 4.69) is 38.4 Å². The van der Waals surface area contributed by atoms with Crippen LogP contribution in [-0.2, 0) is 17.6 Å². The zero-order chi connectivity index (χ0) is 22.2. The van der Waals surface area contributed by atoms with Crippen molar-refractivity contribution in [3.05, 3.63) is 65.2 Å². The predicted octanol–water partition coefficient (Wildman–Crippen LogP) is 3.53. The number of hydrogen-bond acceptors (Lipinski definition) is 5. The van der Waals surface area contributed by atoms with Gasteiger partial charge in [0.05, 0.1) is 11.6 Å². The molecule has 0 unspecified atom stereocenters. The van der Waals surface area contributed by atoms with E-state index in [0.29, 0.717) is 0 Å². The summed E-state index contributed by atoms with van der Waals surface area (Å²) in [6, 6.07) is 8.68. The van der Waals surface area contributed by atoms with Gasteiger partial charge in [0.15, 0.2) is 0 Å². The number of hydrogen-bond donors (Lipinski definition) is 1. The Balaban J connectivity index is 1.16. The molecule has 0 saturated heterocycles. The molecule has 1 aliphatic heterocycles. The van der Waals surface area contributed by atoms with Crippen molar-refractivity contribution in [1.29, 1.82) is 5.26 Å². The van der Waals surface area contributed by atoms with Gasteiger partial charge >= 0.3 is 0 Å². The molecule has 1 N–H and O–H groups in total. The molecule has 1 amide bonds. The van der Waals surface area contributed by atoms with E-state index in [4.69, 9.17) is 5.26 Å². The van der Waals surface area contributed by atoms with Gasteiger partial charge < -0.3 is 10.2 Å². The number of carbonyl (C=O) groups is 1. The monoisotopic (exact) mass is 429 g/mol. The van der Waals surface area contributed by atoms with E-state index in [9.17, 15) is 4.79 Å². The van der Waals surface area contributed by atoms with Crippen LogP contribution in [0, 0.1) is 17.2 Å². The number of nitriles is 1. The first-order valence-electron chi connectivity index (χ1n) is 11.7. The predicted molar refractivity (Wildman–Crippen MR) is 125 cm³/mol. The number of fused-ring (bicyclic) bond motifs is 1. The first kappa shape index (κ1) is 22.2. The summed E-state index contributed by atoms with van der Waals surface area (Å²) in [6.07, 6.45) is 16.0. The van der Waals surface area contributed by atoms with Crippen molar-refractivity contribution in [2.75, 3.05) is 19.6 Å². The molecule has 1 aromatic heterocycles. The number of nitrogens with one attached hydrogen (secondary N) is 1. The van der Waals surface area contributed by atoms with Gasteiger partial charge in [-0.2, -0.15) is 5.26 Å². The summed E-state index contributed by atoms with van der Waals surface area (Å²) in [5.74, 6) is 0.706. The molecule has 1 aromatic carbocycles. The zero-order valence-electron chi connectivity index (χ0n) is 18.5. The first-order valence-corrected chi connectivity index (χ1v) is 11.7. The Hall–Kier alpha value is -3.04. The highest BCUT2D eigenvalue weighted by Crippen LogP contribution is 2.27. The molecule has 6 nitrogen and oxygen atoms in total. The summed E-state index contributed by atoms with van der Waals surface area (Å²) in [7, 11) is 0. The van der Waals surface area contributed by atoms with Gasteiger partial charge in [0.25, 0.3) is 0 Å². The van der Waals surface area contributed by atoms with Crippen LogP contribution >= 0.6 is 0 Å². The van der Waals surface area contributed by atoms with E-state index in [1.54, 1.807) is 24.5 Å². The Kier molecular flexibility index (Phi) is 7.63. The maximum atomic E-state index is 12.2. The van der Waals surface area contributed by atoms with E-state index in [1.165, 1.54) is 36.7 Å². The SMILES string of the molecule is N#Cc1ccc2c(c1)CCN(CCC1CCC(NC(=O)/C=C/c3cncnc3)CC1)CC2. The van der Waals surface area contributed by atoms with Crippen LogP contribution in [-0.4, -0.2) is 46.5 Å². The minimum atomic E-state index is -0.0407. The van der Waals surface area contributed by atoms with Crippen LogP contribution in [0.4, 0.5) is 0 Å². The summed E-state index contributed by atoms with van der Waals surface area (Å²) in [5, 5.41) is 12.3. The maximum absolute atomic E-state index is 12.2. The molecule has 1 fully saturated rings. The minimum absolute atomic E-state index is 0.0407. The number of amides is 1. The third kappa shape index (κ3) is 6.24. The lowest BCUT2D eigenvalue weighted by Gasteiger charge is -2.30. The molecule has 1 saturated carbocycles. The van der Waals surface area contributed by atoms with Crippen molar-refractivity contribution < 1.29 is 4.79 Å². The Morgan fingerprint density at radius 1 is 1.12 bits per heavy atom. The number of rotatable bonds is 6. The van der Waals surface area contributed by atoms with Crippen LogP contribution in [0.5, 0.6) is 0 Å². The first-order chi connectivity index (χ1) is 15.7. The van der Waals surface area contributed by atoms with Crippen LogP contribution < -0.4 is 5.32 Å². The van der Waals surface area contributed by atoms with Crippen molar-refractivity contribution >= 4 is 12.0 Å². The van der Waals surface area contributed by atoms with E-state index in [1.807, 2.05) is 6.07 Å². The summed E-state index contributed by atoms with van der Waals surface area (Å²) in [5.41, 5.74) is 4.34. The molecular formula is C26H31N5O. The summed E-state index contributed by atoms with van der Waals surface area (Å²) < 4.78 is 0. The number of carbonyl (C=O) groups excluding carboxylic acids is 1. The zero-order valence-corrected chi connectivity index (χ0v) is 18.5. The fourth-order valence-corrected chi connectivity index (χ4v) is 4.84. The van der Waals surface area contributed by atoms with E-state index >= 15 is 0 Å². The molecule has 0 atom stereocenters. The average Bonchev–Trinajstić information content (AvgIpc) is 3.05. The Bertz CT molecular complexity index is 973. The van der Waals surface area contributed by atoms with E-state index in [-0.39, 0.29) is 11.9 Å². The standard InChI is InChI=1S/C26H31N5O/c27-16-21-1-5-23-10-13-31(14-11-24(23)15-21)12-9-20-2-6-25(7-3-20)30-26(32)8-4-22-17-28-19-29-18-22/h1,4-5,8,15,17-20,25H,2-3,6-7,9-14H2,(H,30,32)/b8-4+. The van der Waals surface area contributed by atoms with Crippen molar-refractivity contribution in [3.63, 3.8) is 0 Å². The molecule has 32 heavy (non-hydrogen) atoms. The molecule has 2 aliphatic rings. The lowest BCUT2D eigenvalue weighted by molar-refractivity contribution is -0.117. The van der Waals surface area contributed by atoms with Gasteiger partial charge in [-0.1, -0.05) is 6.07 Å². The number of aromatic nitrogens is 2.